The van der Waals surface area contributed by atoms with Gasteiger partial charge >= 0.3 is 0 Å². The van der Waals surface area contributed by atoms with Gasteiger partial charge in [0.1, 0.15) is 5.25 Å². The third-order valence-corrected chi connectivity index (χ3v) is 6.92. The van der Waals surface area contributed by atoms with Gasteiger partial charge in [0, 0.05) is 16.7 Å². The lowest BCUT2D eigenvalue weighted by Gasteiger charge is -2.17. The van der Waals surface area contributed by atoms with Crippen LogP contribution in [0, 0.1) is 10.1 Å². The molecule has 3 aromatic rings. The van der Waals surface area contributed by atoms with Crippen LogP contribution in [0.1, 0.15) is 22.8 Å². The zero-order valence-corrected chi connectivity index (χ0v) is 16.5. The molecule has 28 heavy (non-hydrogen) atoms. The van der Waals surface area contributed by atoms with Gasteiger partial charge in [-0.05, 0) is 17.7 Å². The maximum atomic E-state index is 13.6. The molecule has 0 aliphatic rings. The molecule has 0 spiro atoms. The first-order chi connectivity index (χ1) is 13.2. The lowest BCUT2D eigenvalue weighted by atomic mass is 10.1. The number of hydrogen-bond donors (Lipinski definition) is 0. The summed E-state index contributed by atoms with van der Waals surface area (Å²) in [4.78, 5) is 10.5. The van der Waals surface area contributed by atoms with Crippen molar-refractivity contribution in [2.24, 2.45) is 0 Å². The van der Waals surface area contributed by atoms with Crippen LogP contribution in [0.15, 0.2) is 65.8 Å². The Bertz CT molecular complexity index is 1190. The van der Waals surface area contributed by atoms with Crippen LogP contribution in [-0.4, -0.2) is 17.3 Å². The van der Waals surface area contributed by atoms with Gasteiger partial charge in [-0.2, -0.15) is 0 Å². The SMILES string of the molecule is C=CC(c1ccccc1Br)S(=O)(=O)n1cc(C(F)F)c2c([N+](=O)[O-])cccc21. The quantitative estimate of drug-likeness (QED) is 0.276. The first-order valence-corrected chi connectivity index (χ1v) is 10.2. The van der Waals surface area contributed by atoms with E-state index in [0.717, 1.165) is 12.3 Å². The van der Waals surface area contributed by atoms with E-state index in [1.54, 1.807) is 24.3 Å². The first kappa shape index (κ1) is 20.2. The summed E-state index contributed by atoms with van der Waals surface area (Å²) in [5.74, 6) is 0. The van der Waals surface area contributed by atoms with Gasteiger partial charge in [0.25, 0.3) is 12.1 Å². The maximum Gasteiger partial charge on any atom is 0.279 e. The molecular weight excluding hydrogens is 458 g/mol. The number of hydrogen-bond acceptors (Lipinski definition) is 4. The first-order valence-electron chi connectivity index (χ1n) is 7.88. The van der Waals surface area contributed by atoms with E-state index in [-0.39, 0.29) is 5.52 Å². The second-order valence-corrected chi connectivity index (χ2v) is 8.62. The molecule has 1 aromatic heterocycles. The van der Waals surface area contributed by atoms with Gasteiger partial charge in [-0.3, -0.25) is 10.1 Å². The molecule has 0 saturated carbocycles. The molecule has 0 fully saturated rings. The van der Waals surface area contributed by atoms with Crippen LogP contribution in [0.4, 0.5) is 14.5 Å². The minimum Gasteiger partial charge on any atom is -0.258 e. The molecule has 0 saturated heterocycles. The predicted molar refractivity (Wildman–Crippen MR) is 105 cm³/mol. The number of fused-ring (bicyclic) bond motifs is 1. The van der Waals surface area contributed by atoms with Crippen molar-refractivity contribution in [2.75, 3.05) is 0 Å². The van der Waals surface area contributed by atoms with Crippen LogP contribution >= 0.6 is 15.9 Å². The molecular formula is C18H13BrF2N2O4S. The fraction of sp³-hybridized carbons (Fsp3) is 0.111. The van der Waals surface area contributed by atoms with Gasteiger partial charge in [-0.25, -0.2) is 21.2 Å². The molecule has 2 aromatic carbocycles. The normalized spacial score (nSPS) is 13.0. The largest absolute Gasteiger partial charge is 0.279 e. The highest BCUT2D eigenvalue weighted by molar-refractivity contribution is 9.10. The van der Waals surface area contributed by atoms with Gasteiger partial charge in [0.15, 0.2) is 0 Å². The van der Waals surface area contributed by atoms with E-state index in [1.807, 2.05) is 0 Å². The van der Waals surface area contributed by atoms with E-state index in [1.165, 1.54) is 18.2 Å². The molecule has 1 heterocycles. The Hall–Kier alpha value is -2.59. The molecule has 1 atom stereocenters. The zero-order chi connectivity index (χ0) is 20.6. The van der Waals surface area contributed by atoms with Crippen molar-refractivity contribution in [1.29, 1.82) is 0 Å². The number of nitrogens with zero attached hydrogens (tertiary/aromatic N) is 2. The van der Waals surface area contributed by atoms with E-state index in [4.69, 9.17) is 0 Å². The Morgan fingerprint density at radius 3 is 2.39 bits per heavy atom. The fourth-order valence-electron chi connectivity index (χ4n) is 3.03. The number of rotatable bonds is 6. The summed E-state index contributed by atoms with van der Waals surface area (Å²) in [5.41, 5.74) is -1.13. The predicted octanol–water partition coefficient (Wildman–Crippen LogP) is 5.35. The lowest BCUT2D eigenvalue weighted by Crippen LogP contribution is -2.19. The van der Waals surface area contributed by atoms with Crippen LogP contribution < -0.4 is 0 Å². The number of non-ortho nitro benzene ring substituents is 1. The number of alkyl halides is 2. The van der Waals surface area contributed by atoms with E-state index >= 15 is 0 Å². The van der Waals surface area contributed by atoms with Crippen molar-refractivity contribution in [3.05, 3.63) is 87.0 Å². The summed E-state index contributed by atoms with van der Waals surface area (Å²) in [5, 5.41) is 9.62. The summed E-state index contributed by atoms with van der Waals surface area (Å²) in [7, 11) is -4.30. The van der Waals surface area contributed by atoms with E-state index in [9.17, 15) is 27.3 Å². The molecule has 6 nitrogen and oxygen atoms in total. The summed E-state index contributed by atoms with van der Waals surface area (Å²) < 4.78 is 54.9. The number of nitro benzene ring substituents is 1. The van der Waals surface area contributed by atoms with Crippen LogP contribution in [0.2, 0.25) is 0 Å². The Labute approximate surface area is 167 Å². The fourth-order valence-corrected chi connectivity index (χ4v) is 5.42. The van der Waals surface area contributed by atoms with Crippen molar-refractivity contribution in [2.45, 2.75) is 11.7 Å². The molecule has 10 heteroatoms. The standard InChI is InChI=1S/C18H13BrF2N2O4S/c1-2-16(11-6-3-4-7-13(11)19)28(26,27)22-10-12(18(20)21)17-14(22)8-5-9-15(17)23(24)25/h2-10,16,18H,1H2. The van der Waals surface area contributed by atoms with Gasteiger partial charge in [0.05, 0.1) is 21.4 Å². The number of nitro groups is 1. The monoisotopic (exact) mass is 470 g/mol. The highest BCUT2D eigenvalue weighted by Crippen LogP contribution is 2.39. The molecule has 0 radical (unpaired) electrons. The van der Waals surface area contributed by atoms with E-state index in [2.05, 4.69) is 22.5 Å². The maximum absolute atomic E-state index is 13.6. The van der Waals surface area contributed by atoms with Crippen molar-refractivity contribution in [3.63, 3.8) is 0 Å². The lowest BCUT2D eigenvalue weighted by molar-refractivity contribution is -0.383. The Morgan fingerprint density at radius 2 is 1.82 bits per heavy atom. The van der Waals surface area contributed by atoms with Gasteiger partial charge in [0.2, 0.25) is 10.0 Å². The second kappa shape index (κ2) is 7.44. The Morgan fingerprint density at radius 1 is 1.14 bits per heavy atom. The van der Waals surface area contributed by atoms with Crippen molar-refractivity contribution in [1.82, 2.24) is 3.97 Å². The smallest absolute Gasteiger partial charge is 0.258 e. The average molecular weight is 471 g/mol. The molecule has 146 valence electrons. The molecule has 3 rings (SSSR count). The third-order valence-electron chi connectivity index (χ3n) is 4.26. The van der Waals surface area contributed by atoms with Crippen molar-refractivity contribution < 1.29 is 22.1 Å². The van der Waals surface area contributed by atoms with Crippen molar-refractivity contribution in [3.8, 4) is 0 Å². The number of halogens is 3. The van der Waals surface area contributed by atoms with Crippen LogP contribution in [0.5, 0.6) is 0 Å². The van der Waals surface area contributed by atoms with E-state index in [0.29, 0.717) is 14.0 Å². The van der Waals surface area contributed by atoms with Crippen LogP contribution in [0.25, 0.3) is 10.9 Å². The van der Waals surface area contributed by atoms with Crippen LogP contribution in [-0.2, 0) is 10.0 Å². The average Bonchev–Trinajstić information content (AvgIpc) is 3.04. The molecule has 0 aliphatic carbocycles. The van der Waals surface area contributed by atoms with E-state index < -0.39 is 43.3 Å². The van der Waals surface area contributed by atoms with Crippen molar-refractivity contribution >= 4 is 42.5 Å². The van der Waals surface area contributed by atoms with Gasteiger partial charge in [-0.1, -0.05) is 46.3 Å². The molecule has 0 N–H and O–H groups in total. The second-order valence-electron chi connectivity index (χ2n) is 5.83. The third kappa shape index (κ3) is 3.22. The molecule has 0 aliphatic heterocycles. The minimum atomic E-state index is -4.30. The molecule has 0 amide bonds. The zero-order valence-electron chi connectivity index (χ0n) is 14.1. The highest BCUT2D eigenvalue weighted by atomic mass is 79.9. The highest BCUT2D eigenvalue weighted by Gasteiger charge is 2.33. The molecule has 1 unspecified atom stereocenters. The van der Waals surface area contributed by atoms with Crippen LogP contribution in [0.3, 0.4) is 0 Å². The number of benzene rings is 2. The summed E-state index contributed by atoms with van der Waals surface area (Å²) in [6, 6.07) is 10.1. The van der Waals surface area contributed by atoms with Gasteiger partial charge < -0.3 is 0 Å². The number of aromatic nitrogens is 1. The Kier molecular flexibility index (Phi) is 5.35. The molecule has 0 bridgehead atoms. The Balaban J connectivity index is 2.34. The minimum absolute atomic E-state index is 0.191. The topological polar surface area (TPSA) is 82.2 Å². The summed E-state index contributed by atoms with van der Waals surface area (Å²) in [6.45, 7) is 3.57. The van der Waals surface area contributed by atoms with Gasteiger partial charge in [-0.15, -0.1) is 6.58 Å². The summed E-state index contributed by atoms with van der Waals surface area (Å²) in [6.07, 6.45) is -1.17. The summed E-state index contributed by atoms with van der Waals surface area (Å²) >= 11 is 3.28.